The fourth-order valence-electron chi connectivity index (χ4n) is 1.26. The Morgan fingerprint density at radius 1 is 1.08 bits per heavy atom. The lowest BCUT2D eigenvalue weighted by molar-refractivity contribution is -0.799. The van der Waals surface area contributed by atoms with Gasteiger partial charge in [-0.3, -0.25) is 20.2 Å². The van der Waals surface area contributed by atoms with Gasteiger partial charge in [-0.2, -0.15) is 0 Å². The van der Waals surface area contributed by atoms with Crippen LogP contribution in [0.2, 0.25) is 0 Å². The van der Waals surface area contributed by atoms with Crippen LogP contribution in [0, 0.1) is 20.2 Å². The predicted molar refractivity (Wildman–Crippen MR) is 38.8 cm³/mol. The van der Waals surface area contributed by atoms with Crippen LogP contribution in [0.25, 0.3) is 0 Å². The summed E-state index contributed by atoms with van der Waals surface area (Å²) < 4.78 is 0. The van der Waals surface area contributed by atoms with E-state index >= 15 is 0 Å². The number of nitrogens with zero attached hydrogens (tertiary/aromatic N) is 2. The Labute approximate surface area is 68.0 Å². The second-order valence-electron chi connectivity index (χ2n) is 2.75. The van der Waals surface area contributed by atoms with Crippen molar-refractivity contribution in [1.82, 2.24) is 5.32 Å². The first-order valence-electron chi connectivity index (χ1n) is 3.59. The van der Waals surface area contributed by atoms with E-state index in [9.17, 15) is 20.2 Å². The van der Waals surface area contributed by atoms with Crippen molar-refractivity contribution >= 4 is 0 Å². The summed E-state index contributed by atoms with van der Waals surface area (Å²) in [6.07, 6.45) is -0.0694. The average molecular weight is 175 g/mol. The zero-order chi connectivity index (χ0) is 9.19. The molecular formula is C5H9N3O4. The molecule has 0 bridgehead atoms. The van der Waals surface area contributed by atoms with Crippen molar-refractivity contribution in [2.75, 3.05) is 13.1 Å². The molecule has 7 heteroatoms. The minimum absolute atomic E-state index is 0.0347. The summed E-state index contributed by atoms with van der Waals surface area (Å²) >= 11 is 0. The average Bonchev–Trinajstić information content (AvgIpc) is 2.05. The van der Waals surface area contributed by atoms with E-state index in [0.29, 0.717) is 13.1 Å². The SMILES string of the molecule is O=[N+]([O-])C1([N+](=O)[O-])CCNCC1. The van der Waals surface area contributed by atoms with Crippen LogP contribution >= 0.6 is 0 Å². The zero-order valence-corrected chi connectivity index (χ0v) is 6.36. The van der Waals surface area contributed by atoms with Crippen LogP contribution in [0.1, 0.15) is 12.8 Å². The number of nitrogens with one attached hydrogen (secondary N) is 1. The van der Waals surface area contributed by atoms with Gasteiger partial charge in [-0.15, -0.1) is 0 Å². The quantitative estimate of drug-likeness (QED) is 0.350. The van der Waals surface area contributed by atoms with Crippen molar-refractivity contribution in [3.63, 3.8) is 0 Å². The molecule has 0 aromatic rings. The third-order valence-corrected chi connectivity index (χ3v) is 2.08. The number of hydrogen-bond acceptors (Lipinski definition) is 5. The van der Waals surface area contributed by atoms with Crippen LogP contribution in [0.5, 0.6) is 0 Å². The monoisotopic (exact) mass is 175 g/mol. The molecule has 1 fully saturated rings. The van der Waals surface area contributed by atoms with Gasteiger partial charge in [-0.05, 0) is 0 Å². The Balaban J connectivity index is 2.84. The molecule has 7 nitrogen and oxygen atoms in total. The molecule has 1 rings (SSSR count). The van der Waals surface area contributed by atoms with Crippen LogP contribution < -0.4 is 5.32 Å². The first-order chi connectivity index (χ1) is 5.59. The van der Waals surface area contributed by atoms with Crippen LogP contribution in [0.15, 0.2) is 0 Å². The Hall–Kier alpha value is -1.24. The Morgan fingerprint density at radius 3 is 1.75 bits per heavy atom. The minimum Gasteiger partial charge on any atom is -0.316 e. The molecule has 1 N–H and O–H groups in total. The summed E-state index contributed by atoms with van der Waals surface area (Å²) in [6, 6.07) is 0. The van der Waals surface area contributed by atoms with Gasteiger partial charge in [0.05, 0.1) is 9.85 Å². The fourth-order valence-corrected chi connectivity index (χ4v) is 1.26. The molecule has 1 aliphatic rings. The first kappa shape index (κ1) is 8.85. The summed E-state index contributed by atoms with van der Waals surface area (Å²) in [5.41, 5.74) is -1.94. The highest BCUT2D eigenvalue weighted by atomic mass is 16.7. The summed E-state index contributed by atoms with van der Waals surface area (Å²) in [5, 5.41) is 23.7. The van der Waals surface area contributed by atoms with E-state index in [4.69, 9.17) is 0 Å². The molecule has 1 saturated heterocycles. The second kappa shape index (κ2) is 3.02. The van der Waals surface area contributed by atoms with Crippen molar-refractivity contribution in [1.29, 1.82) is 0 Å². The maximum atomic E-state index is 10.5. The van der Waals surface area contributed by atoms with E-state index in [1.807, 2.05) is 0 Å². The van der Waals surface area contributed by atoms with Gasteiger partial charge in [0.25, 0.3) is 0 Å². The zero-order valence-electron chi connectivity index (χ0n) is 6.36. The molecule has 0 saturated carbocycles. The Morgan fingerprint density at radius 2 is 1.50 bits per heavy atom. The molecule has 0 aromatic heterocycles. The van der Waals surface area contributed by atoms with Gasteiger partial charge in [-0.1, -0.05) is 0 Å². The minimum atomic E-state index is -1.94. The van der Waals surface area contributed by atoms with Gasteiger partial charge in [0.1, 0.15) is 12.8 Å². The van der Waals surface area contributed by atoms with Crippen LogP contribution in [0.4, 0.5) is 0 Å². The highest BCUT2D eigenvalue weighted by Crippen LogP contribution is 2.22. The lowest BCUT2D eigenvalue weighted by Crippen LogP contribution is -2.53. The lowest BCUT2D eigenvalue weighted by atomic mass is 10.00. The molecule has 0 unspecified atom stereocenters. The maximum Gasteiger partial charge on any atom is 0.461 e. The highest BCUT2D eigenvalue weighted by molar-refractivity contribution is 4.75. The highest BCUT2D eigenvalue weighted by Gasteiger charge is 2.56. The largest absolute Gasteiger partial charge is 0.461 e. The molecule has 1 aliphatic heterocycles. The third-order valence-electron chi connectivity index (χ3n) is 2.08. The van der Waals surface area contributed by atoms with Crippen LogP contribution in [-0.4, -0.2) is 28.6 Å². The fraction of sp³-hybridized carbons (Fsp3) is 1.00. The smallest absolute Gasteiger partial charge is 0.316 e. The lowest BCUT2D eigenvalue weighted by Gasteiger charge is -2.21. The van der Waals surface area contributed by atoms with E-state index in [2.05, 4.69) is 5.32 Å². The van der Waals surface area contributed by atoms with Crippen LogP contribution in [0.3, 0.4) is 0 Å². The van der Waals surface area contributed by atoms with E-state index in [0.717, 1.165) is 0 Å². The van der Waals surface area contributed by atoms with Gasteiger partial charge in [0.15, 0.2) is 0 Å². The van der Waals surface area contributed by atoms with Crippen molar-refractivity contribution in [3.8, 4) is 0 Å². The van der Waals surface area contributed by atoms with Crippen molar-refractivity contribution < 1.29 is 9.85 Å². The number of nitro groups is 2. The number of rotatable bonds is 2. The first-order valence-corrected chi connectivity index (χ1v) is 3.59. The number of hydrogen-bond donors (Lipinski definition) is 1. The summed E-state index contributed by atoms with van der Waals surface area (Å²) in [7, 11) is 0. The van der Waals surface area contributed by atoms with E-state index in [-0.39, 0.29) is 12.8 Å². The van der Waals surface area contributed by atoms with Gasteiger partial charge in [-0.25, -0.2) is 0 Å². The van der Waals surface area contributed by atoms with Gasteiger partial charge < -0.3 is 5.32 Å². The number of piperidine rings is 1. The van der Waals surface area contributed by atoms with E-state index < -0.39 is 15.5 Å². The summed E-state index contributed by atoms with van der Waals surface area (Å²) in [5.74, 6) is 0. The second-order valence-corrected chi connectivity index (χ2v) is 2.75. The van der Waals surface area contributed by atoms with Gasteiger partial charge >= 0.3 is 5.66 Å². The molecular weight excluding hydrogens is 166 g/mol. The Bertz CT molecular complexity index is 195. The molecule has 68 valence electrons. The molecule has 0 atom stereocenters. The van der Waals surface area contributed by atoms with E-state index in [1.54, 1.807) is 0 Å². The maximum absolute atomic E-state index is 10.5. The van der Waals surface area contributed by atoms with Crippen molar-refractivity contribution in [2.24, 2.45) is 0 Å². The summed E-state index contributed by atoms with van der Waals surface area (Å²) in [6.45, 7) is 0.671. The predicted octanol–water partition coefficient (Wildman–Crippen LogP) is -0.381. The third kappa shape index (κ3) is 1.22. The molecule has 0 aliphatic carbocycles. The molecule has 12 heavy (non-hydrogen) atoms. The molecule has 0 aromatic carbocycles. The Kier molecular flexibility index (Phi) is 2.22. The molecule has 1 heterocycles. The standard InChI is InChI=1S/C5H9N3O4/c9-7(10)5(8(11)12)1-3-6-4-2-5/h6H,1-4H2. The van der Waals surface area contributed by atoms with Crippen LogP contribution in [-0.2, 0) is 0 Å². The molecule has 0 spiro atoms. The molecule has 0 amide bonds. The van der Waals surface area contributed by atoms with Gasteiger partial charge in [0.2, 0.25) is 0 Å². The van der Waals surface area contributed by atoms with Gasteiger partial charge in [0, 0.05) is 13.1 Å². The van der Waals surface area contributed by atoms with Crippen molar-refractivity contribution in [2.45, 2.75) is 18.5 Å². The molecule has 0 radical (unpaired) electrons. The summed E-state index contributed by atoms with van der Waals surface area (Å²) in [4.78, 5) is 19.3. The van der Waals surface area contributed by atoms with E-state index in [1.165, 1.54) is 0 Å². The normalized spacial score (nSPS) is 21.7. The topological polar surface area (TPSA) is 98.3 Å². The van der Waals surface area contributed by atoms with Crippen molar-refractivity contribution in [3.05, 3.63) is 20.2 Å².